The largest absolute Gasteiger partial charge is 0.382 e. The molecule has 23 heavy (non-hydrogen) atoms. The van der Waals surface area contributed by atoms with Gasteiger partial charge in [0.25, 0.3) is 5.91 Å². The molecule has 2 rings (SSSR count). The summed E-state index contributed by atoms with van der Waals surface area (Å²) in [5.74, 6) is 0.365. The number of aromatic nitrogens is 2. The van der Waals surface area contributed by atoms with Crippen molar-refractivity contribution in [2.45, 2.75) is 50.7 Å². The maximum Gasteiger partial charge on any atom is 0.268 e. The van der Waals surface area contributed by atoms with Gasteiger partial charge < -0.3 is 10.8 Å². The minimum atomic E-state index is -1.25. The normalized spacial score (nSPS) is 18.3. The molecule has 1 amide bonds. The molecule has 128 valence electrons. The standard InChI is InChI=1S/C15H24ClN5O2/c1-21(13-8-7-12(16)18-19-13)20-15(23)14(22)11(17)9-10-5-3-2-4-6-10/h7-8,10-11,14,22H,2-6,9,17H2,1H3,(H,20,23). The summed E-state index contributed by atoms with van der Waals surface area (Å²) in [6.45, 7) is 0. The lowest BCUT2D eigenvalue weighted by molar-refractivity contribution is -0.130. The van der Waals surface area contributed by atoms with Crippen molar-refractivity contribution in [3.63, 3.8) is 0 Å². The van der Waals surface area contributed by atoms with Gasteiger partial charge in [-0.1, -0.05) is 43.7 Å². The van der Waals surface area contributed by atoms with Crippen LogP contribution in [-0.4, -0.2) is 40.4 Å². The Labute approximate surface area is 141 Å². The van der Waals surface area contributed by atoms with Crippen molar-refractivity contribution in [2.24, 2.45) is 11.7 Å². The third-order valence-electron chi connectivity index (χ3n) is 4.24. The average molecular weight is 342 g/mol. The number of aliphatic hydroxyl groups excluding tert-OH is 1. The summed E-state index contributed by atoms with van der Waals surface area (Å²) in [6.07, 6.45) is 5.35. The van der Waals surface area contributed by atoms with Crippen LogP contribution >= 0.6 is 11.6 Å². The number of rotatable bonds is 6. The average Bonchev–Trinajstić information content (AvgIpc) is 2.55. The summed E-state index contributed by atoms with van der Waals surface area (Å²) in [6, 6.07) is 2.62. The lowest BCUT2D eigenvalue weighted by atomic mass is 9.84. The molecule has 7 nitrogen and oxygen atoms in total. The third-order valence-corrected chi connectivity index (χ3v) is 4.45. The number of hydrogen-bond donors (Lipinski definition) is 3. The number of carbonyl (C=O) groups is 1. The fourth-order valence-corrected chi connectivity index (χ4v) is 3.01. The quantitative estimate of drug-likeness (QED) is 0.673. The first kappa shape index (κ1) is 17.9. The Morgan fingerprint density at radius 1 is 1.43 bits per heavy atom. The molecule has 1 aromatic heterocycles. The van der Waals surface area contributed by atoms with Crippen LogP contribution in [0, 0.1) is 5.92 Å². The first-order chi connectivity index (χ1) is 11.0. The number of nitrogens with one attached hydrogen (secondary N) is 1. The first-order valence-electron chi connectivity index (χ1n) is 7.94. The molecule has 2 atom stereocenters. The maximum absolute atomic E-state index is 12.1. The number of hydrogen-bond acceptors (Lipinski definition) is 6. The van der Waals surface area contributed by atoms with E-state index < -0.39 is 18.1 Å². The summed E-state index contributed by atoms with van der Waals surface area (Å²) >= 11 is 5.67. The summed E-state index contributed by atoms with van der Waals surface area (Å²) in [5, 5.41) is 19.3. The Hall–Kier alpha value is -1.44. The predicted octanol–water partition coefficient (Wildman–Crippen LogP) is 1.26. The van der Waals surface area contributed by atoms with Crippen LogP contribution in [0.5, 0.6) is 0 Å². The van der Waals surface area contributed by atoms with Crippen molar-refractivity contribution in [3.8, 4) is 0 Å². The number of aliphatic hydroxyl groups is 1. The molecule has 0 spiro atoms. The molecule has 1 fully saturated rings. The van der Waals surface area contributed by atoms with E-state index in [9.17, 15) is 9.90 Å². The van der Waals surface area contributed by atoms with Crippen LogP contribution in [0.4, 0.5) is 5.82 Å². The second-order valence-corrected chi connectivity index (χ2v) is 6.49. The zero-order chi connectivity index (χ0) is 16.8. The summed E-state index contributed by atoms with van der Waals surface area (Å²) in [7, 11) is 1.61. The van der Waals surface area contributed by atoms with Crippen LogP contribution in [0.1, 0.15) is 38.5 Å². The van der Waals surface area contributed by atoms with Gasteiger partial charge in [-0.3, -0.25) is 15.2 Å². The van der Waals surface area contributed by atoms with E-state index in [0.29, 0.717) is 18.2 Å². The van der Waals surface area contributed by atoms with Gasteiger partial charge in [0.05, 0.1) is 0 Å². The number of nitrogens with two attached hydrogens (primary N) is 1. The molecule has 8 heteroatoms. The van der Waals surface area contributed by atoms with Gasteiger partial charge in [-0.2, -0.15) is 0 Å². The van der Waals surface area contributed by atoms with E-state index in [1.807, 2.05) is 0 Å². The molecule has 1 saturated carbocycles. The zero-order valence-electron chi connectivity index (χ0n) is 13.3. The fourth-order valence-electron chi connectivity index (χ4n) is 2.91. The summed E-state index contributed by atoms with van der Waals surface area (Å²) in [5.41, 5.74) is 8.56. The molecule has 0 saturated heterocycles. The lowest BCUT2D eigenvalue weighted by Crippen LogP contribution is -2.52. The smallest absolute Gasteiger partial charge is 0.268 e. The van der Waals surface area contributed by atoms with E-state index in [1.165, 1.54) is 24.3 Å². The Kier molecular flexibility index (Phi) is 6.56. The number of nitrogens with zero attached hydrogens (tertiary/aromatic N) is 3. The van der Waals surface area contributed by atoms with E-state index >= 15 is 0 Å². The molecular weight excluding hydrogens is 318 g/mol. The van der Waals surface area contributed by atoms with Crippen LogP contribution in [0.15, 0.2) is 12.1 Å². The number of hydrazine groups is 1. The molecule has 1 aliphatic carbocycles. The molecule has 0 bridgehead atoms. The fraction of sp³-hybridized carbons (Fsp3) is 0.667. The Balaban J connectivity index is 1.84. The second kappa shape index (κ2) is 8.42. The zero-order valence-corrected chi connectivity index (χ0v) is 14.0. The monoisotopic (exact) mass is 341 g/mol. The van der Waals surface area contributed by atoms with Gasteiger partial charge in [-0.05, 0) is 24.5 Å². The summed E-state index contributed by atoms with van der Waals surface area (Å²) < 4.78 is 0. The highest BCUT2D eigenvalue weighted by Gasteiger charge is 2.27. The third kappa shape index (κ3) is 5.30. The molecule has 0 aliphatic heterocycles. The van der Waals surface area contributed by atoms with Crippen molar-refractivity contribution in [2.75, 3.05) is 12.1 Å². The topological polar surface area (TPSA) is 104 Å². The van der Waals surface area contributed by atoms with E-state index in [-0.39, 0.29) is 5.15 Å². The van der Waals surface area contributed by atoms with Crippen molar-refractivity contribution in [1.29, 1.82) is 0 Å². The van der Waals surface area contributed by atoms with E-state index in [1.54, 1.807) is 19.2 Å². The molecule has 4 N–H and O–H groups in total. The number of carbonyl (C=O) groups excluding carboxylic acids is 1. The SMILES string of the molecule is CN(NC(=O)C(O)C(N)CC1CCCCC1)c1ccc(Cl)nn1. The molecule has 0 aromatic carbocycles. The Morgan fingerprint density at radius 2 is 2.13 bits per heavy atom. The van der Waals surface area contributed by atoms with Gasteiger partial charge in [0.15, 0.2) is 11.0 Å². The van der Waals surface area contributed by atoms with Crippen LogP contribution in [-0.2, 0) is 4.79 Å². The molecule has 1 heterocycles. The first-order valence-corrected chi connectivity index (χ1v) is 8.32. The predicted molar refractivity (Wildman–Crippen MR) is 88.8 cm³/mol. The van der Waals surface area contributed by atoms with Crippen molar-refractivity contribution in [3.05, 3.63) is 17.3 Å². The van der Waals surface area contributed by atoms with E-state index in [4.69, 9.17) is 17.3 Å². The summed E-state index contributed by atoms with van der Waals surface area (Å²) in [4.78, 5) is 12.1. The highest BCUT2D eigenvalue weighted by Crippen LogP contribution is 2.27. The van der Waals surface area contributed by atoms with Crippen molar-refractivity contribution in [1.82, 2.24) is 15.6 Å². The molecule has 1 aliphatic rings. The van der Waals surface area contributed by atoms with Crippen LogP contribution in [0.2, 0.25) is 5.15 Å². The van der Waals surface area contributed by atoms with Crippen molar-refractivity contribution < 1.29 is 9.90 Å². The maximum atomic E-state index is 12.1. The van der Waals surface area contributed by atoms with Gasteiger partial charge >= 0.3 is 0 Å². The minimum absolute atomic E-state index is 0.267. The number of amides is 1. The van der Waals surface area contributed by atoms with Gasteiger partial charge in [0.2, 0.25) is 0 Å². The highest BCUT2D eigenvalue weighted by molar-refractivity contribution is 6.29. The van der Waals surface area contributed by atoms with Gasteiger partial charge in [0, 0.05) is 13.1 Å². The second-order valence-electron chi connectivity index (χ2n) is 6.10. The van der Waals surface area contributed by atoms with Crippen LogP contribution in [0.25, 0.3) is 0 Å². The van der Waals surface area contributed by atoms with E-state index in [0.717, 1.165) is 12.8 Å². The van der Waals surface area contributed by atoms with Crippen LogP contribution in [0.3, 0.4) is 0 Å². The van der Waals surface area contributed by atoms with E-state index in [2.05, 4.69) is 15.6 Å². The van der Waals surface area contributed by atoms with Gasteiger partial charge in [-0.25, -0.2) is 0 Å². The van der Waals surface area contributed by atoms with Crippen LogP contribution < -0.4 is 16.2 Å². The lowest BCUT2D eigenvalue weighted by Gasteiger charge is -2.27. The number of halogens is 1. The molecule has 2 unspecified atom stereocenters. The molecule has 1 aromatic rings. The molecule has 0 radical (unpaired) electrons. The highest BCUT2D eigenvalue weighted by atomic mass is 35.5. The Morgan fingerprint density at radius 3 is 2.74 bits per heavy atom. The van der Waals surface area contributed by atoms with Gasteiger partial charge in [-0.15, -0.1) is 10.2 Å². The Bertz CT molecular complexity index is 507. The minimum Gasteiger partial charge on any atom is -0.382 e. The van der Waals surface area contributed by atoms with Gasteiger partial charge in [0.1, 0.15) is 6.10 Å². The van der Waals surface area contributed by atoms with Crippen molar-refractivity contribution >= 4 is 23.3 Å². The molecular formula is C15H24ClN5O2. The number of anilines is 1.